The van der Waals surface area contributed by atoms with E-state index < -0.39 is 0 Å². The van der Waals surface area contributed by atoms with Gasteiger partial charge in [0.05, 0.1) is 6.54 Å². The molecule has 0 aromatic heterocycles. The van der Waals surface area contributed by atoms with Crippen LogP contribution in [0.15, 0.2) is 47.0 Å². The molecule has 0 bridgehead atoms. The number of carbonyl (C=O) groups excluding carboxylic acids is 1. The minimum atomic E-state index is 0.0198. The lowest BCUT2D eigenvalue weighted by Gasteiger charge is -2.05. The van der Waals surface area contributed by atoms with Crippen molar-refractivity contribution in [1.82, 2.24) is 4.90 Å². The van der Waals surface area contributed by atoms with Crippen molar-refractivity contribution in [1.29, 1.82) is 0 Å². The van der Waals surface area contributed by atoms with Crippen LogP contribution in [0.4, 0.5) is 0 Å². The van der Waals surface area contributed by atoms with E-state index in [-0.39, 0.29) is 5.91 Å². The fourth-order valence-corrected chi connectivity index (χ4v) is 2.17. The molecule has 0 N–H and O–H groups in total. The van der Waals surface area contributed by atoms with Crippen LogP contribution in [0.1, 0.15) is 11.1 Å². The highest BCUT2D eigenvalue weighted by molar-refractivity contribution is 9.11. The van der Waals surface area contributed by atoms with Crippen molar-refractivity contribution in [2.24, 2.45) is 0 Å². The van der Waals surface area contributed by atoms with Crippen LogP contribution in [0.25, 0.3) is 0 Å². The zero-order valence-corrected chi connectivity index (χ0v) is 12.3. The summed E-state index contributed by atoms with van der Waals surface area (Å²) in [6.07, 6.45) is 2.35. The number of hydrogen-bond acceptors (Lipinski definition) is 1. The van der Waals surface area contributed by atoms with Crippen LogP contribution in [-0.2, 0) is 11.2 Å². The average Bonchev–Trinajstić information content (AvgIpc) is 2.67. The molecule has 1 amide bonds. The quantitative estimate of drug-likeness (QED) is 0.768. The van der Waals surface area contributed by atoms with Gasteiger partial charge in [-0.05, 0) is 16.1 Å². The Labute approximate surface area is 121 Å². The predicted octanol–water partition coefficient (Wildman–Crippen LogP) is 2.89. The molecular formula is C16H14BrNO. The van der Waals surface area contributed by atoms with Crippen LogP contribution >= 0.6 is 15.9 Å². The summed E-state index contributed by atoms with van der Waals surface area (Å²) in [5.74, 6) is 6.24. The first-order valence-electron chi connectivity index (χ1n) is 5.95. The van der Waals surface area contributed by atoms with Gasteiger partial charge in [0.25, 0.3) is 0 Å². The largest absolute Gasteiger partial charge is 0.337 e. The van der Waals surface area contributed by atoms with E-state index in [1.54, 1.807) is 18.0 Å². The van der Waals surface area contributed by atoms with E-state index in [1.807, 2.05) is 24.3 Å². The standard InChI is InChI=1S/C16H14BrNO/c1-12(17)9-15-6-4-3-5-14(15)8-7-13-10-16(19)18(2)11-13/h3-6,10H,1,9,11H2,2H3. The highest BCUT2D eigenvalue weighted by Gasteiger charge is 2.15. The normalized spacial score (nSPS) is 13.9. The van der Waals surface area contributed by atoms with Gasteiger partial charge in [-0.15, -0.1) is 0 Å². The molecule has 96 valence electrons. The Hall–Kier alpha value is -1.79. The Kier molecular flexibility index (Phi) is 4.24. The van der Waals surface area contributed by atoms with Crippen molar-refractivity contribution < 1.29 is 4.79 Å². The molecule has 0 saturated heterocycles. The third kappa shape index (κ3) is 3.59. The van der Waals surface area contributed by atoms with E-state index >= 15 is 0 Å². The second-order valence-electron chi connectivity index (χ2n) is 4.47. The molecule has 0 aliphatic carbocycles. The summed E-state index contributed by atoms with van der Waals surface area (Å²) in [4.78, 5) is 13.0. The molecule has 0 saturated carbocycles. The van der Waals surface area contributed by atoms with Crippen molar-refractivity contribution in [2.75, 3.05) is 13.6 Å². The minimum Gasteiger partial charge on any atom is -0.337 e. The van der Waals surface area contributed by atoms with E-state index in [4.69, 9.17) is 0 Å². The van der Waals surface area contributed by atoms with Crippen LogP contribution in [0.3, 0.4) is 0 Å². The van der Waals surface area contributed by atoms with E-state index in [9.17, 15) is 4.79 Å². The Morgan fingerprint density at radius 1 is 1.42 bits per heavy atom. The number of halogens is 1. The first kappa shape index (κ1) is 13.6. The zero-order valence-electron chi connectivity index (χ0n) is 10.7. The lowest BCUT2D eigenvalue weighted by atomic mass is 10.0. The monoisotopic (exact) mass is 315 g/mol. The number of likely N-dealkylation sites (N-methyl/N-ethyl adjacent to an activating group) is 1. The third-order valence-electron chi connectivity index (χ3n) is 2.84. The van der Waals surface area contributed by atoms with Crippen LogP contribution < -0.4 is 0 Å². The van der Waals surface area contributed by atoms with Gasteiger partial charge in [-0.3, -0.25) is 4.79 Å². The number of hydrogen-bond donors (Lipinski definition) is 0. The Morgan fingerprint density at radius 3 is 2.79 bits per heavy atom. The maximum absolute atomic E-state index is 11.4. The molecule has 1 heterocycles. The maximum atomic E-state index is 11.4. The zero-order chi connectivity index (χ0) is 13.8. The van der Waals surface area contributed by atoms with Gasteiger partial charge >= 0.3 is 0 Å². The van der Waals surface area contributed by atoms with Gasteiger partial charge in [-0.25, -0.2) is 0 Å². The predicted molar refractivity (Wildman–Crippen MR) is 80.8 cm³/mol. The minimum absolute atomic E-state index is 0.0198. The van der Waals surface area contributed by atoms with Gasteiger partial charge in [0.2, 0.25) is 5.91 Å². The number of amides is 1. The smallest absolute Gasteiger partial charge is 0.247 e. The van der Waals surface area contributed by atoms with Gasteiger partial charge in [-0.1, -0.05) is 52.5 Å². The molecule has 1 aromatic carbocycles. The highest BCUT2D eigenvalue weighted by atomic mass is 79.9. The fraction of sp³-hybridized carbons (Fsp3) is 0.188. The van der Waals surface area contributed by atoms with Gasteiger partial charge in [0.1, 0.15) is 0 Å². The van der Waals surface area contributed by atoms with Crippen LogP contribution in [-0.4, -0.2) is 24.4 Å². The summed E-state index contributed by atoms with van der Waals surface area (Å²) in [7, 11) is 1.77. The molecule has 2 nitrogen and oxygen atoms in total. The van der Waals surface area contributed by atoms with Gasteiger partial charge in [-0.2, -0.15) is 0 Å². The third-order valence-corrected chi connectivity index (χ3v) is 3.12. The molecule has 2 rings (SSSR count). The van der Waals surface area contributed by atoms with E-state index in [0.717, 1.165) is 27.6 Å². The van der Waals surface area contributed by atoms with Crippen LogP contribution in [0.5, 0.6) is 0 Å². The molecule has 0 fully saturated rings. The molecule has 0 atom stereocenters. The molecule has 3 heteroatoms. The molecule has 19 heavy (non-hydrogen) atoms. The van der Waals surface area contributed by atoms with Crippen molar-refractivity contribution in [2.45, 2.75) is 6.42 Å². The number of rotatable bonds is 2. The molecule has 0 unspecified atom stereocenters. The Balaban J connectivity index is 2.23. The van der Waals surface area contributed by atoms with E-state index in [0.29, 0.717) is 6.54 Å². The average molecular weight is 316 g/mol. The summed E-state index contributed by atoms with van der Waals surface area (Å²) in [5.41, 5.74) is 2.97. The summed E-state index contributed by atoms with van der Waals surface area (Å²) in [6, 6.07) is 7.98. The lowest BCUT2D eigenvalue weighted by molar-refractivity contribution is -0.123. The van der Waals surface area contributed by atoms with Crippen molar-refractivity contribution >= 4 is 21.8 Å². The first-order valence-corrected chi connectivity index (χ1v) is 6.74. The van der Waals surface area contributed by atoms with E-state index in [1.165, 1.54) is 0 Å². The number of allylic oxidation sites excluding steroid dienone is 1. The van der Waals surface area contributed by atoms with Crippen molar-refractivity contribution in [3.63, 3.8) is 0 Å². The molecule has 0 radical (unpaired) electrons. The topological polar surface area (TPSA) is 20.3 Å². The molecule has 1 aliphatic heterocycles. The van der Waals surface area contributed by atoms with Gasteiger partial charge in [0.15, 0.2) is 0 Å². The second-order valence-corrected chi connectivity index (χ2v) is 5.59. The van der Waals surface area contributed by atoms with E-state index in [2.05, 4.69) is 34.3 Å². The van der Waals surface area contributed by atoms with Crippen LogP contribution in [0.2, 0.25) is 0 Å². The van der Waals surface area contributed by atoms with Crippen molar-refractivity contribution in [3.05, 3.63) is 58.1 Å². The molecular weight excluding hydrogens is 302 g/mol. The fourth-order valence-electron chi connectivity index (χ4n) is 1.86. The highest BCUT2D eigenvalue weighted by Crippen LogP contribution is 2.16. The summed E-state index contributed by atoms with van der Waals surface area (Å²) < 4.78 is 0.928. The Bertz CT molecular complexity index is 619. The summed E-state index contributed by atoms with van der Waals surface area (Å²) in [6.45, 7) is 4.45. The molecule has 1 aliphatic rings. The van der Waals surface area contributed by atoms with Crippen LogP contribution in [0, 0.1) is 11.8 Å². The first-order chi connectivity index (χ1) is 9.06. The summed E-state index contributed by atoms with van der Waals surface area (Å²) >= 11 is 3.37. The number of benzene rings is 1. The van der Waals surface area contributed by atoms with Crippen molar-refractivity contribution in [3.8, 4) is 11.8 Å². The second kappa shape index (κ2) is 5.90. The summed E-state index contributed by atoms with van der Waals surface area (Å²) in [5, 5.41) is 0. The maximum Gasteiger partial charge on any atom is 0.247 e. The number of nitrogens with zero attached hydrogens (tertiary/aromatic N) is 1. The Morgan fingerprint density at radius 2 is 2.16 bits per heavy atom. The van der Waals surface area contributed by atoms with Gasteiger partial charge < -0.3 is 4.90 Å². The molecule has 1 aromatic rings. The van der Waals surface area contributed by atoms with Gasteiger partial charge in [0, 0.05) is 30.7 Å². The lowest BCUT2D eigenvalue weighted by Crippen LogP contribution is -2.19. The SMILES string of the molecule is C=C(Br)Cc1ccccc1C#CC1=CC(=O)N(C)C1. The molecule has 0 spiro atoms. The number of carbonyl (C=O) groups is 1.